The molecule has 1 aromatic carbocycles. The molecule has 1 aliphatic heterocycles. The van der Waals surface area contributed by atoms with Gasteiger partial charge in [0.15, 0.2) is 0 Å². The van der Waals surface area contributed by atoms with E-state index in [1.54, 1.807) is 7.11 Å². The van der Waals surface area contributed by atoms with Crippen molar-refractivity contribution >= 4 is 0 Å². The molecule has 1 atom stereocenters. The molecule has 1 aliphatic rings. The summed E-state index contributed by atoms with van der Waals surface area (Å²) in [4.78, 5) is 0. The lowest BCUT2D eigenvalue weighted by molar-refractivity contribution is 0.199. The van der Waals surface area contributed by atoms with E-state index in [9.17, 15) is 0 Å². The maximum absolute atomic E-state index is 5.71. The molecule has 0 aliphatic carbocycles. The molecular formula is C16H21N3O2. The Morgan fingerprint density at radius 2 is 2.29 bits per heavy atom. The van der Waals surface area contributed by atoms with Crippen molar-refractivity contribution in [3.8, 4) is 5.75 Å². The van der Waals surface area contributed by atoms with Crippen molar-refractivity contribution in [1.82, 2.24) is 15.1 Å². The van der Waals surface area contributed by atoms with E-state index in [-0.39, 0.29) is 0 Å². The van der Waals surface area contributed by atoms with Crippen LogP contribution in [-0.2, 0) is 17.8 Å². The normalized spacial score (nSPS) is 16.7. The van der Waals surface area contributed by atoms with Crippen LogP contribution in [0.2, 0.25) is 0 Å². The highest BCUT2D eigenvalue weighted by molar-refractivity contribution is 5.39. The van der Waals surface area contributed by atoms with E-state index in [0.717, 1.165) is 44.3 Å². The zero-order chi connectivity index (χ0) is 14.5. The van der Waals surface area contributed by atoms with Crippen LogP contribution in [0.4, 0.5) is 0 Å². The van der Waals surface area contributed by atoms with Gasteiger partial charge in [0.1, 0.15) is 5.75 Å². The quantitative estimate of drug-likeness (QED) is 0.789. The van der Waals surface area contributed by atoms with Gasteiger partial charge in [-0.1, -0.05) is 18.2 Å². The standard InChI is InChI=1S/C16H21N3O2/c1-20-9-7-17-10-14-6-8-19(18-14)11-13-12-21-16-5-3-2-4-15(13)16/h2-6,8,13,17H,7,9-12H2,1H3. The molecule has 0 saturated carbocycles. The van der Waals surface area contributed by atoms with Crippen molar-refractivity contribution < 1.29 is 9.47 Å². The van der Waals surface area contributed by atoms with Crippen molar-refractivity contribution in [2.45, 2.75) is 19.0 Å². The van der Waals surface area contributed by atoms with E-state index in [2.05, 4.69) is 28.6 Å². The van der Waals surface area contributed by atoms with Gasteiger partial charge in [-0.05, 0) is 12.1 Å². The van der Waals surface area contributed by atoms with Crippen molar-refractivity contribution in [1.29, 1.82) is 0 Å². The molecule has 21 heavy (non-hydrogen) atoms. The van der Waals surface area contributed by atoms with Crippen molar-refractivity contribution in [3.63, 3.8) is 0 Å². The van der Waals surface area contributed by atoms with E-state index in [4.69, 9.17) is 9.47 Å². The fourth-order valence-electron chi connectivity index (χ4n) is 2.60. The van der Waals surface area contributed by atoms with Gasteiger partial charge >= 0.3 is 0 Å². The summed E-state index contributed by atoms with van der Waals surface area (Å²) in [6.45, 7) is 3.92. The van der Waals surface area contributed by atoms with E-state index in [1.807, 2.05) is 23.0 Å². The minimum Gasteiger partial charge on any atom is -0.493 e. The fraction of sp³-hybridized carbons (Fsp3) is 0.438. The zero-order valence-electron chi connectivity index (χ0n) is 12.3. The van der Waals surface area contributed by atoms with Crippen LogP contribution in [0.5, 0.6) is 5.75 Å². The van der Waals surface area contributed by atoms with Crippen LogP contribution in [0.15, 0.2) is 36.5 Å². The second-order valence-electron chi connectivity index (χ2n) is 5.24. The molecule has 5 heteroatoms. The zero-order valence-corrected chi connectivity index (χ0v) is 12.3. The van der Waals surface area contributed by atoms with E-state index in [1.165, 1.54) is 5.56 Å². The first kappa shape index (κ1) is 14.1. The third kappa shape index (κ3) is 3.43. The summed E-state index contributed by atoms with van der Waals surface area (Å²) in [6, 6.07) is 10.3. The highest BCUT2D eigenvalue weighted by Crippen LogP contribution is 2.34. The molecule has 0 amide bonds. The lowest BCUT2D eigenvalue weighted by Gasteiger charge is -2.08. The molecule has 1 aromatic heterocycles. The predicted molar refractivity (Wildman–Crippen MR) is 80.5 cm³/mol. The number of nitrogens with one attached hydrogen (secondary N) is 1. The molecule has 2 aromatic rings. The number of hydrogen-bond donors (Lipinski definition) is 1. The smallest absolute Gasteiger partial charge is 0.122 e. The molecule has 2 heterocycles. The topological polar surface area (TPSA) is 48.3 Å². The van der Waals surface area contributed by atoms with Gasteiger partial charge in [0, 0.05) is 37.9 Å². The summed E-state index contributed by atoms with van der Waals surface area (Å²) in [5.74, 6) is 1.39. The predicted octanol–water partition coefficient (Wildman–Crippen LogP) is 1.80. The maximum atomic E-state index is 5.71. The van der Waals surface area contributed by atoms with Gasteiger partial charge in [0.25, 0.3) is 0 Å². The van der Waals surface area contributed by atoms with Crippen molar-refractivity contribution in [2.75, 3.05) is 26.9 Å². The number of para-hydroxylation sites is 1. The third-order valence-electron chi connectivity index (χ3n) is 3.69. The lowest BCUT2D eigenvalue weighted by Crippen LogP contribution is -2.19. The first-order valence-electron chi connectivity index (χ1n) is 7.30. The van der Waals surface area contributed by atoms with Gasteiger partial charge in [0.05, 0.1) is 25.5 Å². The maximum Gasteiger partial charge on any atom is 0.122 e. The first-order valence-corrected chi connectivity index (χ1v) is 7.30. The Bertz CT molecular complexity index is 582. The highest BCUT2D eigenvalue weighted by atomic mass is 16.5. The largest absolute Gasteiger partial charge is 0.493 e. The Balaban J connectivity index is 1.56. The van der Waals surface area contributed by atoms with Gasteiger partial charge in [0.2, 0.25) is 0 Å². The molecule has 0 spiro atoms. The summed E-state index contributed by atoms with van der Waals surface area (Å²) in [5, 5.41) is 7.90. The molecule has 0 radical (unpaired) electrons. The number of ether oxygens (including phenoxy) is 2. The fourth-order valence-corrected chi connectivity index (χ4v) is 2.60. The molecule has 3 rings (SSSR count). The SMILES string of the molecule is COCCNCc1ccn(CC2COc3ccccc32)n1. The summed E-state index contributed by atoms with van der Waals surface area (Å²) in [5.41, 5.74) is 2.34. The lowest BCUT2D eigenvalue weighted by atomic mass is 10.0. The van der Waals surface area contributed by atoms with E-state index < -0.39 is 0 Å². The molecule has 1 unspecified atom stereocenters. The Hall–Kier alpha value is -1.85. The molecule has 0 saturated heterocycles. The van der Waals surface area contributed by atoms with Crippen LogP contribution >= 0.6 is 0 Å². The number of fused-ring (bicyclic) bond motifs is 1. The van der Waals surface area contributed by atoms with Gasteiger partial charge in [-0.15, -0.1) is 0 Å². The number of benzene rings is 1. The van der Waals surface area contributed by atoms with Crippen LogP contribution in [0.3, 0.4) is 0 Å². The Kier molecular flexibility index (Phi) is 4.52. The van der Waals surface area contributed by atoms with Crippen molar-refractivity contribution in [3.05, 3.63) is 47.8 Å². The summed E-state index contributed by atoms with van der Waals surface area (Å²) >= 11 is 0. The minimum atomic E-state index is 0.385. The molecule has 0 bridgehead atoms. The van der Waals surface area contributed by atoms with Crippen LogP contribution in [0.1, 0.15) is 17.2 Å². The van der Waals surface area contributed by atoms with E-state index >= 15 is 0 Å². The molecular weight excluding hydrogens is 266 g/mol. The van der Waals surface area contributed by atoms with Crippen LogP contribution < -0.4 is 10.1 Å². The average molecular weight is 287 g/mol. The number of aromatic nitrogens is 2. The number of methoxy groups -OCH3 is 1. The van der Waals surface area contributed by atoms with Gasteiger partial charge < -0.3 is 14.8 Å². The Morgan fingerprint density at radius 1 is 1.38 bits per heavy atom. The molecule has 112 valence electrons. The number of rotatable bonds is 7. The second-order valence-corrected chi connectivity index (χ2v) is 5.24. The van der Waals surface area contributed by atoms with Gasteiger partial charge in [-0.25, -0.2) is 0 Å². The molecule has 1 N–H and O–H groups in total. The monoisotopic (exact) mass is 287 g/mol. The summed E-state index contributed by atoms with van der Waals surface area (Å²) in [7, 11) is 1.71. The van der Waals surface area contributed by atoms with Crippen LogP contribution in [0, 0.1) is 0 Å². The van der Waals surface area contributed by atoms with Crippen molar-refractivity contribution in [2.24, 2.45) is 0 Å². The average Bonchev–Trinajstić information content (AvgIpc) is 3.12. The third-order valence-corrected chi connectivity index (χ3v) is 3.69. The van der Waals surface area contributed by atoms with Crippen LogP contribution in [-0.4, -0.2) is 36.6 Å². The van der Waals surface area contributed by atoms with Gasteiger partial charge in [-0.3, -0.25) is 4.68 Å². The minimum absolute atomic E-state index is 0.385. The highest BCUT2D eigenvalue weighted by Gasteiger charge is 2.24. The van der Waals surface area contributed by atoms with Gasteiger partial charge in [-0.2, -0.15) is 5.10 Å². The van der Waals surface area contributed by atoms with E-state index in [0.29, 0.717) is 5.92 Å². The Morgan fingerprint density at radius 3 is 3.19 bits per heavy atom. The number of nitrogens with zero attached hydrogens (tertiary/aromatic N) is 2. The first-order chi connectivity index (χ1) is 10.4. The van der Waals surface area contributed by atoms with Crippen LogP contribution in [0.25, 0.3) is 0 Å². The molecule has 5 nitrogen and oxygen atoms in total. The molecule has 0 fully saturated rings. The summed E-state index contributed by atoms with van der Waals surface area (Å²) < 4.78 is 12.7. The Labute approximate surface area is 124 Å². The summed E-state index contributed by atoms with van der Waals surface area (Å²) in [6.07, 6.45) is 2.04. The second kappa shape index (κ2) is 6.74. The number of hydrogen-bond acceptors (Lipinski definition) is 4.